The van der Waals surface area contributed by atoms with Crippen LogP contribution in [0.2, 0.25) is 0 Å². The fraction of sp³-hybridized carbons (Fsp3) is 0.143. The minimum atomic E-state index is -4.72. The van der Waals surface area contributed by atoms with Gasteiger partial charge in [0.05, 0.1) is 16.6 Å². The van der Waals surface area contributed by atoms with Gasteiger partial charge in [-0.3, -0.25) is 4.21 Å². The van der Waals surface area contributed by atoms with Crippen molar-refractivity contribution in [3.05, 3.63) is 54.1 Å². The van der Waals surface area contributed by atoms with Gasteiger partial charge >= 0.3 is 6.36 Å². The summed E-state index contributed by atoms with van der Waals surface area (Å²) in [6.45, 7) is 0. The number of ether oxygens (including phenoxy) is 1. The predicted octanol–water partition coefficient (Wildman–Crippen LogP) is 3.48. The highest BCUT2D eigenvalue weighted by Crippen LogP contribution is 2.23. The highest BCUT2D eigenvalue weighted by Gasteiger charge is 2.30. The maximum atomic E-state index is 12.1. The normalized spacial score (nSPS) is 12.9. The number of alkyl halides is 3. The smallest absolute Gasteiger partial charge is 0.406 e. The molecule has 0 saturated carbocycles. The Labute approximate surface area is 122 Å². The summed E-state index contributed by atoms with van der Waals surface area (Å²) in [7, 11) is -1.31. The molecule has 2 N–H and O–H groups in total. The Bertz CT molecular complexity index is 641. The highest BCUT2D eigenvalue weighted by atomic mass is 32.2. The summed E-state index contributed by atoms with van der Waals surface area (Å²) in [6.07, 6.45) is -4.72. The molecule has 1 unspecified atom stereocenters. The van der Waals surface area contributed by atoms with Crippen LogP contribution in [-0.4, -0.2) is 10.6 Å². The lowest BCUT2D eigenvalue weighted by molar-refractivity contribution is -0.274. The number of nitrogens with two attached hydrogens (primary N) is 1. The second kappa shape index (κ2) is 6.17. The molecule has 0 heterocycles. The molecule has 2 aromatic carbocycles. The molecule has 7 heteroatoms. The van der Waals surface area contributed by atoms with E-state index in [0.717, 1.165) is 0 Å². The van der Waals surface area contributed by atoms with E-state index in [1.807, 2.05) is 0 Å². The summed E-state index contributed by atoms with van der Waals surface area (Å²) in [5.41, 5.74) is 6.76. The summed E-state index contributed by atoms with van der Waals surface area (Å²) in [4.78, 5) is 0.575. The molecule has 1 atom stereocenters. The standard InChI is InChI=1S/C14H12F3NO2S/c15-14(16,17)20-12-6-4-10(5-7-12)9-21(19)13-3-1-2-11(18)8-13/h1-8H,9,18H2. The van der Waals surface area contributed by atoms with E-state index >= 15 is 0 Å². The predicted molar refractivity (Wildman–Crippen MR) is 74.1 cm³/mol. The second-order valence-corrected chi connectivity index (χ2v) is 5.71. The van der Waals surface area contributed by atoms with E-state index in [-0.39, 0.29) is 11.5 Å². The van der Waals surface area contributed by atoms with Crippen molar-refractivity contribution in [2.45, 2.75) is 17.0 Å². The molecule has 0 aromatic heterocycles. The number of hydrogen-bond acceptors (Lipinski definition) is 3. The highest BCUT2D eigenvalue weighted by molar-refractivity contribution is 7.84. The molecule has 0 saturated heterocycles. The van der Waals surface area contributed by atoms with Gasteiger partial charge in [0.1, 0.15) is 5.75 Å². The maximum Gasteiger partial charge on any atom is 0.573 e. The molecule has 112 valence electrons. The number of halogens is 3. The SMILES string of the molecule is Nc1cccc(S(=O)Cc2ccc(OC(F)(F)F)cc2)c1. The quantitative estimate of drug-likeness (QED) is 0.879. The summed E-state index contributed by atoms with van der Waals surface area (Å²) in [5.74, 6) is -0.114. The zero-order valence-corrected chi connectivity index (χ0v) is 11.6. The van der Waals surface area contributed by atoms with Crippen molar-refractivity contribution in [2.24, 2.45) is 0 Å². The molecule has 0 spiro atoms. The van der Waals surface area contributed by atoms with Crippen molar-refractivity contribution < 1.29 is 22.1 Å². The fourth-order valence-electron chi connectivity index (χ4n) is 1.68. The summed E-state index contributed by atoms with van der Waals surface area (Å²) in [5, 5.41) is 0. The monoisotopic (exact) mass is 315 g/mol. The molecule has 21 heavy (non-hydrogen) atoms. The number of anilines is 1. The minimum absolute atomic E-state index is 0.190. The zero-order chi connectivity index (χ0) is 15.5. The lowest BCUT2D eigenvalue weighted by Gasteiger charge is -2.09. The molecule has 0 aliphatic rings. The van der Waals surface area contributed by atoms with Crippen LogP contribution in [-0.2, 0) is 16.6 Å². The minimum Gasteiger partial charge on any atom is -0.406 e. The van der Waals surface area contributed by atoms with Gasteiger partial charge in [-0.2, -0.15) is 0 Å². The van der Waals surface area contributed by atoms with E-state index in [1.54, 1.807) is 24.3 Å². The van der Waals surface area contributed by atoms with Gasteiger partial charge in [0.2, 0.25) is 0 Å². The van der Waals surface area contributed by atoms with Gasteiger partial charge < -0.3 is 10.5 Å². The van der Waals surface area contributed by atoms with Crippen molar-refractivity contribution in [1.29, 1.82) is 0 Å². The molecule has 0 radical (unpaired) electrons. The number of hydrogen-bond donors (Lipinski definition) is 1. The zero-order valence-electron chi connectivity index (χ0n) is 10.8. The van der Waals surface area contributed by atoms with Crippen LogP contribution in [0.3, 0.4) is 0 Å². The molecule has 0 amide bonds. The van der Waals surface area contributed by atoms with Gasteiger partial charge in [-0.1, -0.05) is 18.2 Å². The first kappa shape index (κ1) is 15.4. The molecule has 2 rings (SSSR count). The fourth-order valence-corrected chi connectivity index (χ4v) is 2.84. The number of benzene rings is 2. The molecule has 0 bridgehead atoms. The molecule has 3 nitrogen and oxygen atoms in total. The van der Waals surface area contributed by atoms with E-state index in [2.05, 4.69) is 4.74 Å². The van der Waals surface area contributed by atoms with Crippen LogP contribution in [0.5, 0.6) is 5.75 Å². The van der Waals surface area contributed by atoms with Crippen LogP contribution >= 0.6 is 0 Å². The first-order valence-corrected chi connectivity index (χ1v) is 7.24. The van der Waals surface area contributed by atoms with Gasteiger partial charge in [0, 0.05) is 10.6 Å². The number of nitrogen functional groups attached to an aromatic ring is 1. The van der Waals surface area contributed by atoms with Crippen LogP contribution in [0.25, 0.3) is 0 Å². The topological polar surface area (TPSA) is 52.3 Å². The van der Waals surface area contributed by atoms with Crippen molar-refractivity contribution >= 4 is 16.5 Å². The van der Waals surface area contributed by atoms with Gasteiger partial charge in [0.25, 0.3) is 0 Å². The Kier molecular flexibility index (Phi) is 4.52. The van der Waals surface area contributed by atoms with Crippen LogP contribution in [0, 0.1) is 0 Å². The first-order valence-electron chi connectivity index (χ1n) is 5.92. The largest absolute Gasteiger partial charge is 0.573 e. The molecule has 0 fully saturated rings. The van der Waals surface area contributed by atoms with Crippen molar-refractivity contribution in [1.82, 2.24) is 0 Å². The van der Waals surface area contributed by atoms with Gasteiger partial charge in [-0.25, -0.2) is 0 Å². The van der Waals surface area contributed by atoms with Gasteiger partial charge in [-0.05, 0) is 35.9 Å². The van der Waals surface area contributed by atoms with E-state index < -0.39 is 17.2 Å². The average Bonchev–Trinajstić information content (AvgIpc) is 2.39. The van der Waals surface area contributed by atoms with Gasteiger partial charge in [-0.15, -0.1) is 13.2 Å². The van der Waals surface area contributed by atoms with Crippen LogP contribution < -0.4 is 10.5 Å². The third-order valence-electron chi connectivity index (χ3n) is 2.58. The second-order valence-electron chi connectivity index (χ2n) is 4.25. The molecular formula is C14H12F3NO2S. The Balaban J connectivity index is 2.05. The summed E-state index contributed by atoms with van der Waals surface area (Å²) in [6, 6.07) is 12.0. The Morgan fingerprint density at radius 1 is 1.10 bits per heavy atom. The van der Waals surface area contributed by atoms with Crippen LogP contribution in [0.1, 0.15) is 5.56 Å². The van der Waals surface area contributed by atoms with Crippen LogP contribution in [0.15, 0.2) is 53.4 Å². The molecular weight excluding hydrogens is 303 g/mol. The van der Waals surface area contributed by atoms with E-state index in [4.69, 9.17) is 5.73 Å². The Morgan fingerprint density at radius 2 is 1.76 bits per heavy atom. The average molecular weight is 315 g/mol. The first-order chi connectivity index (χ1) is 9.83. The van der Waals surface area contributed by atoms with E-state index in [1.165, 1.54) is 24.3 Å². The Hall–Kier alpha value is -2.02. The molecule has 0 aliphatic heterocycles. The van der Waals surface area contributed by atoms with Gasteiger partial charge in [0.15, 0.2) is 0 Å². The lowest BCUT2D eigenvalue weighted by Crippen LogP contribution is -2.17. The number of rotatable bonds is 4. The van der Waals surface area contributed by atoms with Crippen molar-refractivity contribution in [2.75, 3.05) is 5.73 Å². The third-order valence-corrected chi connectivity index (χ3v) is 3.95. The van der Waals surface area contributed by atoms with Crippen molar-refractivity contribution in [3.8, 4) is 5.75 Å². The summed E-state index contributed by atoms with van der Waals surface area (Å²) < 4.78 is 52.0. The summed E-state index contributed by atoms with van der Waals surface area (Å²) >= 11 is 0. The van der Waals surface area contributed by atoms with E-state index in [9.17, 15) is 17.4 Å². The Morgan fingerprint density at radius 3 is 2.33 bits per heavy atom. The lowest BCUT2D eigenvalue weighted by atomic mass is 10.2. The van der Waals surface area contributed by atoms with E-state index in [0.29, 0.717) is 16.1 Å². The third kappa shape index (κ3) is 4.78. The maximum absolute atomic E-state index is 12.1. The molecule has 2 aromatic rings. The van der Waals surface area contributed by atoms with Crippen LogP contribution in [0.4, 0.5) is 18.9 Å². The van der Waals surface area contributed by atoms with Crippen molar-refractivity contribution in [3.63, 3.8) is 0 Å². The molecule has 0 aliphatic carbocycles.